The third-order valence-electron chi connectivity index (χ3n) is 4.53. The van der Waals surface area contributed by atoms with E-state index in [0.29, 0.717) is 6.04 Å². The molecule has 0 spiro atoms. The molecule has 4 heteroatoms. The van der Waals surface area contributed by atoms with Crippen molar-refractivity contribution < 1.29 is 0 Å². The number of guanidine groups is 1. The first-order chi connectivity index (χ1) is 11.1. The van der Waals surface area contributed by atoms with Crippen LogP contribution in [0.5, 0.6) is 0 Å². The maximum Gasteiger partial charge on any atom is 0.191 e. The molecule has 0 saturated heterocycles. The van der Waals surface area contributed by atoms with Gasteiger partial charge in [0.25, 0.3) is 0 Å². The lowest BCUT2D eigenvalue weighted by molar-refractivity contribution is 0.329. The van der Waals surface area contributed by atoms with Crippen LogP contribution in [0.1, 0.15) is 43.7 Å². The van der Waals surface area contributed by atoms with Crippen molar-refractivity contribution in [1.82, 2.24) is 15.5 Å². The van der Waals surface area contributed by atoms with Gasteiger partial charge >= 0.3 is 0 Å². The molecule has 0 aliphatic heterocycles. The molecule has 1 aliphatic carbocycles. The second-order valence-corrected chi connectivity index (χ2v) is 7.08. The minimum Gasteiger partial charge on any atom is -0.354 e. The van der Waals surface area contributed by atoms with Gasteiger partial charge in [0.15, 0.2) is 5.96 Å². The van der Waals surface area contributed by atoms with Gasteiger partial charge in [0.2, 0.25) is 0 Å². The highest BCUT2D eigenvalue weighted by Crippen LogP contribution is 2.23. The number of nitrogens with one attached hydrogen (secondary N) is 2. The SMILES string of the molecule is CN=C(NCc1cccc(CN(C)C)c1)NC1CCC(C)CC1. The Labute approximate surface area is 141 Å². The van der Waals surface area contributed by atoms with Crippen molar-refractivity contribution in [3.05, 3.63) is 35.4 Å². The second kappa shape index (κ2) is 8.92. The fourth-order valence-corrected chi connectivity index (χ4v) is 3.18. The largest absolute Gasteiger partial charge is 0.354 e. The first-order valence-corrected chi connectivity index (χ1v) is 8.76. The van der Waals surface area contributed by atoms with E-state index in [4.69, 9.17) is 0 Å². The highest BCUT2D eigenvalue weighted by Gasteiger charge is 2.18. The van der Waals surface area contributed by atoms with Gasteiger partial charge in [-0.3, -0.25) is 4.99 Å². The zero-order valence-electron chi connectivity index (χ0n) is 15.1. The van der Waals surface area contributed by atoms with Gasteiger partial charge in [0.05, 0.1) is 0 Å². The van der Waals surface area contributed by atoms with Crippen LogP contribution < -0.4 is 10.6 Å². The maximum absolute atomic E-state index is 4.37. The summed E-state index contributed by atoms with van der Waals surface area (Å²) in [5.74, 6) is 1.80. The molecule has 1 saturated carbocycles. The van der Waals surface area contributed by atoms with E-state index in [1.165, 1.54) is 36.8 Å². The molecule has 2 N–H and O–H groups in total. The Hall–Kier alpha value is -1.55. The zero-order valence-corrected chi connectivity index (χ0v) is 15.1. The molecular weight excluding hydrogens is 284 g/mol. The summed E-state index contributed by atoms with van der Waals surface area (Å²) in [5.41, 5.74) is 2.64. The Morgan fingerprint density at radius 2 is 1.87 bits per heavy atom. The Morgan fingerprint density at radius 3 is 2.52 bits per heavy atom. The number of rotatable bonds is 5. The Morgan fingerprint density at radius 1 is 1.17 bits per heavy atom. The molecule has 0 atom stereocenters. The molecule has 1 fully saturated rings. The summed E-state index contributed by atoms with van der Waals surface area (Å²) in [5, 5.41) is 7.02. The molecule has 0 heterocycles. The van der Waals surface area contributed by atoms with Gasteiger partial charge in [-0.1, -0.05) is 31.2 Å². The van der Waals surface area contributed by atoms with Gasteiger partial charge in [-0.25, -0.2) is 0 Å². The minimum atomic E-state index is 0.567. The second-order valence-electron chi connectivity index (χ2n) is 7.08. The lowest BCUT2D eigenvalue weighted by Gasteiger charge is -2.28. The van der Waals surface area contributed by atoms with Crippen LogP contribution in [0.25, 0.3) is 0 Å². The number of hydrogen-bond acceptors (Lipinski definition) is 2. The molecule has 2 rings (SSSR count). The lowest BCUT2D eigenvalue weighted by atomic mass is 9.87. The highest BCUT2D eigenvalue weighted by molar-refractivity contribution is 5.79. The first kappa shape index (κ1) is 17.8. The first-order valence-electron chi connectivity index (χ1n) is 8.76. The van der Waals surface area contributed by atoms with Crippen molar-refractivity contribution in [2.75, 3.05) is 21.1 Å². The third-order valence-corrected chi connectivity index (χ3v) is 4.53. The topological polar surface area (TPSA) is 39.7 Å². The molecule has 0 aromatic heterocycles. The molecule has 1 aliphatic rings. The molecule has 1 aromatic carbocycles. The average Bonchev–Trinajstić information content (AvgIpc) is 2.53. The van der Waals surface area contributed by atoms with Crippen LogP contribution in [0, 0.1) is 5.92 Å². The third kappa shape index (κ3) is 6.22. The van der Waals surface area contributed by atoms with E-state index in [2.05, 4.69) is 65.8 Å². The number of nitrogens with zero attached hydrogens (tertiary/aromatic N) is 2. The Balaban J connectivity index is 1.83. The summed E-state index contributed by atoms with van der Waals surface area (Å²) in [6, 6.07) is 9.32. The molecular formula is C19H32N4. The van der Waals surface area contributed by atoms with Crippen molar-refractivity contribution >= 4 is 5.96 Å². The van der Waals surface area contributed by atoms with Crippen LogP contribution in [0.2, 0.25) is 0 Å². The monoisotopic (exact) mass is 316 g/mol. The van der Waals surface area contributed by atoms with E-state index in [1.54, 1.807) is 0 Å². The zero-order chi connectivity index (χ0) is 16.7. The fraction of sp³-hybridized carbons (Fsp3) is 0.632. The molecule has 0 radical (unpaired) electrons. The van der Waals surface area contributed by atoms with Crippen molar-refractivity contribution in [3.63, 3.8) is 0 Å². The van der Waals surface area contributed by atoms with E-state index < -0.39 is 0 Å². The number of aliphatic imine (C=N–C) groups is 1. The normalized spacial score (nSPS) is 22.2. The predicted molar refractivity (Wildman–Crippen MR) is 98.6 cm³/mol. The van der Waals surface area contributed by atoms with E-state index in [0.717, 1.165) is 25.0 Å². The number of hydrogen-bond donors (Lipinski definition) is 2. The molecule has 23 heavy (non-hydrogen) atoms. The van der Waals surface area contributed by atoms with E-state index in [9.17, 15) is 0 Å². The highest BCUT2D eigenvalue weighted by atomic mass is 15.2. The Bertz CT molecular complexity index is 502. The summed E-state index contributed by atoms with van der Waals surface area (Å²) >= 11 is 0. The number of benzene rings is 1. The van der Waals surface area contributed by atoms with E-state index in [-0.39, 0.29) is 0 Å². The summed E-state index contributed by atoms with van der Waals surface area (Å²) < 4.78 is 0. The molecule has 0 unspecified atom stereocenters. The van der Waals surface area contributed by atoms with Gasteiger partial charge in [-0.05, 0) is 56.8 Å². The van der Waals surface area contributed by atoms with Crippen LogP contribution >= 0.6 is 0 Å². The van der Waals surface area contributed by atoms with Crippen LogP contribution in [0.3, 0.4) is 0 Å². The van der Waals surface area contributed by atoms with Crippen molar-refractivity contribution in [3.8, 4) is 0 Å². The summed E-state index contributed by atoms with van der Waals surface area (Å²) in [7, 11) is 6.05. The van der Waals surface area contributed by atoms with Crippen molar-refractivity contribution in [2.45, 2.75) is 51.7 Å². The molecule has 0 amide bonds. The van der Waals surface area contributed by atoms with Gasteiger partial charge in [0, 0.05) is 26.2 Å². The van der Waals surface area contributed by atoms with E-state index in [1.807, 2.05) is 7.05 Å². The lowest BCUT2D eigenvalue weighted by Crippen LogP contribution is -2.44. The van der Waals surface area contributed by atoms with Gasteiger partial charge in [0.1, 0.15) is 0 Å². The van der Waals surface area contributed by atoms with Gasteiger partial charge in [-0.2, -0.15) is 0 Å². The fourth-order valence-electron chi connectivity index (χ4n) is 3.18. The van der Waals surface area contributed by atoms with Gasteiger partial charge < -0.3 is 15.5 Å². The quantitative estimate of drug-likeness (QED) is 0.648. The summed E-state index contributed by atoms with van der Waals surface area (Å²) in [6.07, 6.45) is 5.14. The molecule has 4 nitrogen and oxygen atoms in total. The average molecular weight is 316 g/mol. The molecule has 1 aromatic rings. The Kier molecular flexibility index (Phi) is 6.90. The maximum atomic E-state index is 4.37. The van der Waals surface area contributed by atoms with Crippen LogP contribution in [-0.2, 0) is 13.1 Å². The minimum absolute atomic E-state index is 0.567. The van der Waals surface area contributed by atoms with Crippen molar-refractivity contribution in [1.29, 1.82) is 0 Å². The smallest absolute Gasteiger partial charge is 0.191 e. The summed E-state index contributed by atoms with van der Waals surface area (Å²) in [6.45, 7) is 4.13. The van der Waals surface area contributed by atoms with Crippen LogP contribution in [-0.4, -0.2) is 38.0 Å². The van der Waals surface area contributed by atoms with Gasteiger partial charge in [-0.15, -0.1) is 0 Å². The standard InChI is InChI=1S/C19H32N4/c1-15-8-10-18(11-9-15)22-19(20-2)21-13-16-6-5-7-17(12-16)14-23(3)4/h5-7,12,15,18H,8-11,13-14H2,1-4H3,(H2,20,21,22). The summed E-state index contributed by atoms with van der Waals surface area (Å²) in [4.78, 5) is 6.56. The van der Waals surface area contributed by atoms with Crippen molar-refractivity contribution in [2.24, 2.45) is 10.9 Å². The molecule has 128 valence electrons. The molecule has 0 bridgehead atoms. The van der Waals surface area contributed by atoms with Crippen LogP contribution in [0.15, 0.2) is 29.3 Å². The van der Waals surface area contributed by atoms with Crippen LogP contribution in [0.4, 0.5) is 0 Å². The van der Waals surface area contributed by atoms with E-state index >= 15 is 0 Å². The predicted octanol–water partition coefficient (Wildman–Crippen LogP) is 2.99.